The second-order valence-electron chi connectivity index (χ2n) is 7.02. The van der Waals surface area contributed by atoms with E-state index in [2.05, 4.69) is 31.4 Å². The van der Waals surface area contributed by atoms with Gasteiger partial charge in [0.15, 0.2) is 6.61 Å². The molecule has 4 rings (SSSR count). The highest BCUT2D eigenvalue weighted by atomic mass is 79.9. The summed E-state index contributed by atoms with van der Waals surface area (Å²) in [6.45, 7) is 0.126. The number of fused-ring (bicyclic) bond motifs is 1. The molecule has 0 atom stereocenters. The Bertz CT molecular complexity index is 1290. The van der Waals surface area contributed by atoms with Crippen LogP contribution in [0.3, 0.4) is 0 Å². The first-order chi connectivity index (χ1) is 16.1. The predicted octanol–water partition coefficient (Wildman–Crippen LogP) is 5.24. The Labute approximate surface area is 198 Å². The van der Waals surface area contributed by atoms with Gasteiger partial charge in [-0.25, -0.2) is 9.82 Å². The van der Waals surface area contributed by atoms with Gasteiger partial charge in [0, 0.05) is 11.6 Å². The SMILES string of the molecule is O=C(COc1cccc2cccnc12)NN=Cc1ccc(OCc2ccc(F)cc2)c(Br)c1. The first-order valence-corrected chi connectivity index (χ1v) is 10.8. The molecule has 0 radical (unpaired) electrons. The van der Waals surface area contributed by atoms with Crippen LogP contribution in [0.15, 0.2) is 88.6 Å². The molecule has 8 heteroatoms. The van der Waals surface area contributed by atoms with E-state index in [0.29, 0.717) is 23.6 Å². The summed E-state index contributed by atoms with van der Waals surface area (Å²) in [5.41, 5.74) is 4.76. The average molecular weight is 508 g/mol. The van der Waals surface area contributed by atoms with E-state index in [0.717, 1.165) is 21.0 Å². The summed E-state index contributed by atoms with van der Waals surface area (Å²) in [7, 11) is 0. The molecule has 1 N–H and O–H groups in total. The van der Waals surface area contributed by atoms with Gasteiger partial charge < -0.3 is 9.47 Å². The van der Waals surface area contributed by atoms with Crippen molar-refractivity contribution in [2.45, 2.75) is 6.61 Å². The number of carbonyl (C=O) groups is 1. The summed E-state index contributed by atoms with van der Waals surface area (Å²) < 4.78 is 25.1. The molecule has 0 aliphatic carbocycles. The first-order valence-electron chi connectivity index (χ1n) is 10.0. The molecular weight excluding hydrogens is 489 g/mol. The van der Waals surface area contributed by atoms with Crippen LogP contribution in [0.2, 0.25) is 0 Å². The Morgan fingerprint density at radius 1 is 1.03 bits per heavy atom. The molecule has 1 amide bonds. The molecule has 0 aliphatic heterocycles. The zero-order valence-electron chi connectivity index (χ0n) is 17.4. The molecule has 0 spiro atoms. The maximum absolute atomic E-state index is 13.0. The van der Waals surface area contributed by atoms with Crippen molar-refractivity contribution in [1.29, 1.82) is 0 Å². The minimum Gasteiger partial charge on any atom is -0.488 e. The van der Waals surface area contributed by atoms with Crippen molar-refractivity contribution in [1.82, 2.24) is 10.4 Å². The lowest BCUT2D eigenvalue weighted by atomic mass is 10.2. The number of amides is 1. The summed E-state index contributed by atoms with van der Waals surface area (Å²) in [6.07, 6.45) is 3.20. The van der Waals surface area contributed by atoms with E-state index in [9.17, 15) is 9.18 Å². The van der Waals surface area contributed by atoms with Crippen LogP contribution in [0.25, 0.3) is 10.9 Å². The van der Waals surface area contributed by atoms with Crippen molar-refractivity contribution in [2.24, 2.45) is 5.10 Å². The monoisotopic (exact) mass is 507 g/mol. The van der Waals surface area contributed by atoms with Crippen molar-refractivity contribution < 1.29 is 18.7 Å². The second-order valence-corrected chi connectivity index (χ2v) is 7.87. The number of carbonyl (C=O) groups excluding carboxylic acids is 1. The largest absolute Gasteiger partial charge is 0.488 e. The third-order valence-corrected chi connectivity index (χ3v) is 5.24. The summed E-state index contributed by atoms with van der Waals surface area (Å²) in [5.74, 6) is 0.496. The lowest BCUT2D eigenvalue weighted by Gasteiger charge is -2.09. The smallest absolute Gasteiger partial charge is 0.277 e. The first kappa shape index (κ1) is 22.4. The van der Waals surface area contributed by atoms with Gasteiger partial charge in [-0.2, -0.15) is 5.10 Å². The standard InChI is InChI=1S/C25H19BrFN3O3/c26-21-13-18(8-11-22(21)32-15-17-6-9-20(27)10-7-17)14-29-30-24(31)16-33-23-5-1-3-19-4-2-12-28-25(19)23/h1-14H,15-16H2,(H,30,31). The highest BCUT2D eigenvalue weighted by Crippen LogP contribution is 2.26. The molecular formula is C25H19BrFN3O3. The van der Waals surface area contributed by atoms with Gasteiger partial charge in [0.25, 0.3) is 5.91 Å². The molecule has 6 nitrogen and oxygen atoms in total. The van der Waals surface area contributed by atoms with Crippen molar-refractivity contribution in [2.75, 3.05) is 6.61 Å². The van der Waals surface area contributed by atoms with Gasteiger partial charge in [-0.3, -0.25) is 9.78 Å². The number of hydrogen-bond acceptors (Lipinski definition) is 5. The average Bonchev–Trinajstić information content (AvgIpc) is 2.83. The fraction of sp³-hybridized carbons (Fsp3) is 0.0800. The molecule has 4 aromatic rings. The zero-order chi connectivity index (χ0) is 23.0. The third-order valence-electron chi connectivity index (χ3n) is 4.62. The molecule has 0 bridgehead atoms. The number of nitrogens with zero attached hydrogens (tertiary/aromatic N) is 2. The predicted molar refractivity (Wildman–Crippen MR) is 128 cm³/mol. The number of hydrogen-bond donors (Lipinski definition) is 1. The Kier molecular flexibility index (Phi) is 7.26. The quantitative estimate of drug-likeness (QED) is 0.261. The van der Waals surface area contributed by atoms with Crippen LogP contribution < -0.4 is 14.9 Å². The van der Waals surface area contributed by atoms with E-state index in [4.69, 9.17) is 9.47 Å². The lowest BCUT2D eigenvalue weighted by molar-refractivity contribution is -0.123. The third kappa shape index (κ3) is 6.14. The number of ether oxygens (including phenoxy) is 2. The molecule has 0 saturated carbocycles. The van der Waals surface area contributed by atoms with Crippen molar-refractivity contribution in [3.63, 3.8) is 0 Å². The van der Waals surface area contributed by atoms with Crippen LogP contribution in [-0.4, -0.2) is 23.7 Å². The summed E-state index contributed by atoms with van der Waals surface area (Å²) in [6, 6.07) is 20.9. The number of benzene rings is 3. The van der Waals surface area contributed by atoms with Crippen LogP contribution in [-0.2, 0) is 11.4 Å². The highest BCUT2D eigenvalue weighted by molar-refractivity contribution is 9.10. The molecule has 0 unspecified atom stereocenters. The summed E-state index contributed by atoms with van der Waals surface area (Å²) in [4.78, 5) is 16.4. The Hall–Kier alpha value is -3.78. The minimum absolute atomic E-state index is 0.188. The molecule has 1 heterocycles. The van der Waals surface area contributed by atoms with Crippen molar-refractivity contribution >= 4 is 39.0 Å². The van der Waals surface area contributed by atoms with Crippen molar-refractivity contribution in [3.8, 4) is 11.5 Å². The summed E-state index contributed by atoms with van der Waals surface area (Å²) >= 11 is 3.46. The lowest BCUT2D eigenvalue weighted by Crippen LogP contribution is -2.24. The minimum atomic E-state index is -0.391. The number of para-hydroxylation sites is 1. The Morgan fingerprint density at radius 3 is 2.67 bits per heavy atom. The van der Waals surface area contributed by atoms with Crippen LogP contribution in [0.4, 0.5) is 4.39 Å². The van der Waals surface area contributed by atoms with E-state index in [1.807, 2.05) is 30.3 Å². The Morgan fingerprint density at radius 2 is 1.85 bits per heavy atom. The maximum atomic E-state index is 13.0. The fourth-order valence-corrected chi connectivity index (χ4v) is 3.51. The van der Waals surface area contributed by atoms with Gasteiger partial charge in [0.2, 0.25) is 0 Å². The molecule has 0 aliphatic rings. The zero-order valence-corrected chi connectivity index (χ0v) is 19.0. The van der Waals surface area contributed by atoms with Crippen LogP contribution in [0, 0.1) is 5.82 Å². The van der Waals surface area contributed by atoms with E-state index >= 15 is 0 Å². The number of hydrazone groups is 1. The molecule has 1 aromatic heterocycles. The van der Waals surface area contributed by atoms with Gasteiger partial charge in [0.1, 0.15) is 29.4 Å². The van der Waals surface area contributed by atoms with Gasteiger partial charge in [-0.05, 0) is 69.5 Å². The van der Waals surface area contributed by atoms with Gasteiger partial charge >= 0.3 is 0 Å². The number of halogens is 2. The number of aromatic nitrogens is 1. The maximum Gasteiger partial charge on any atom is 0.277 e. The molecule has 3 aromatic carbocycles. The van der Waals surface area contributed by atoms with Crippen LogP contribution >= 0.6 is 15.9 Å². The molecule has 0 fully saturated rings. The molecule has 166 valence electrons. The van der Waals surface area contributed by atoms with Gasteiger partial charge in [-0.1, -0.05) is 30.3 Å². The number of nitrogens with one attached hydrogen (secondary N) is 1. The number of rotatable bonds is 8. The summed E-state index contributed by atoms with van der Waals surface area (Å²) in [5, 5.41) is 4.91. The van der Waals surface area contributed by atoms with E-state index < -0.39 is 5.91 Å². The van der Waals surface area contributed by atoms with Crippen LogP contribution in [0.5, 0.6) is 11.5 Å². The van der Waals surface area contributed by atoms with Gasteiger partial charge in [0.05, 0.1) is 10.7 Å². The normalized spacial score (nSPS) is 11.0. The van der Waals surface area contributed by atoms with E-state index in [1.54, 1.807) is 36.5 Å². The van der Waals surface area contributed by atoms with E-state index in [1.165, 1.54) is 18.3 Å². The second kappa shape index (κ2) is 10.7. The van der Waals surface area contributed by atoms with Gasteiger partial charge in [-0.15, -0.1) is 0 Å². The fourth-order valence-electron chi connectivity index (χ4n) is 3.00. The molecule has 0 saturated heterocycles. The molecule has 33 heavy (non-hydrogen) atoms. The van der Waals surface area contributed by atoms with E-state index in [-0.39, 0.29) is 12.4 Å². The topological polar surface area (TPSA) is 72.8 Å². The van der Waals surface area contributed by atoms with Crippen molar-refractivity contribution in [3.05, 3.63) is 100 Å². The number of pyridine rings is 1. The van der Waals surface area contributed by atoms with Crippen LogP contribution in [0.1, 0.15) is 11.1 Å². The highest BCUT2D eigenvalue weighted by Gasteiger charge is 2.07. The Balaban J connectivity index is 1.28.